The van der Waals surface area contributed by atoms with Crippen LogP contribution in [0.15, 0.2) is 18.3 Å². The number of hydrogen-bond acceptors (Lipinski definition) is 3. The molecule has 0 bridgehead atoms. The second-order valence-corrected chi connectivity index (χ2v) is 6.60. The summed E-state index contributed by atoms with van der Waals surface area (Å²) in [5.41, 5.74) is 1.72. The first-order valence-corrected chi connectivity index (χ1v) is 7.41. The average Bonchev–Trinajstić information content (AvgIpc) is 2.86. The van der Waals surface area contributed by atoms with Crippen LogP contribution in [0.3, 0.4) is 0 Å². The largest absolute Gasteiger partial charge is 0.356 e. The molecule has 3 heteroatoms. The second-order valence-electron chi connectivity index (χ2n) is 6.60. The Morgan fingerprint density at radius 1 is 1.42 bits per heavy atom. The van der Waals surface area contributed by atoms with E-state index in [2.05, 4.69) is 55.0 Å². The maximum absolute atomic E-state index is 4.54. The number of hydrogen-bond donors (Lipinski definition) is 1. The van der Waals surface area contributed by atoms with E-state index < -0.39 is 0 Å². The van der Waals surface area contributed by atoms with Crippen molar-refractivity contribution in [1.29, 1.82) is 0 Å². The van der Waals surface area contributed by atoms with Gasteiger partial charge in [0.1, 0.15) is 5.82 Å². The molecule has 1 saturated heterocycles. The molecule has 0 radical (unpaired) electrons. The van der Waals surface area contributed by atoms with Crippen molar-refractivity contribution in [2.75, 3.05) is 24.5 Å². The fourth-order valence-corrected chi connectivity index (χ4v) is 2.69. The van der Waals surface area contributed by atoms with E-state index in [0.29, 0.717) is 5.41 Å². The predicted octanol–water partition coefficient (Wildman–Crippen LogP) is 3.06. The summed E-state index contributed by atoms with van der Waals surface area (Å²) in [6.07, 6.45) is 3.22. The molecule has 1 fully saturated rings. The van der Waals surface area contributed by atoms with E-state index in [9.17, 15) is 0 Å². The lowest BCUT2D eigenvalue weighted by Crippen LogP contribution is -2.26. The molecule has 1 N–H and O–H groups in total. The topological polar surface area (TPSA) is 28.2 Å². The third kappa shape index (κ3) is 3.69. The highest BCUT2D eigenvalue weighted by molar-refractivity contribution is 5.42. The normalized spacial score (nSPS) is 20.0. The van der Waals surface area contributed by atoms with Gasteiger partial charge in [-0.05, 0) is 42.0 Å². The molecule has 1 aromatic heterocycles. The minimum atomic E-state index is 0.399. The van der Waals surface area contributed by atoms with Gasteiger partial charge in [-0.1, -0.05) is 27.7 Å². The third-order valence-corrected chi connectivity index (χ3v) is 4.13. The first-order chi connectivity index (χ1) is 9.00. The van der Waals surface area contributed by atoms with Gasteiger partial charge in [0, 0.05) is 25.8 Å². The Morgan fingerprint density at radius 3 is 2.84 bits per heavy atom. The summed E-state index contributed by atoms with van der Waals surface area (Å²) >= 11 is 0. The van der Waals surface area contributed by atoms with Gasteiger partial charge < -0.3 is 10.2 Å². The standard InChI is InChI=1S/C16H27N3/c1-5-17-11-13-6-8-18-15(10-13)19-9-7-14(12-19)16(2,3)4/h6,8,10,14,17H,5,7,9,11-12H2,1-4H3. The van der Waals surface area contributed by atoms with Crippen molar-refractivity contribution in [2.45, 2.75) is 40.7 Å². The molecule has 1 aliphatic rings. The van der Waals surface area contributed by atoms with E-state index in [1.807, 2.05) is 6.20 Å². The van der Waals surface area contributed by atoms with Crippen LogP contribution in [0, 0.1) is 11.3 Å². The molecule has 0 amide bonds. The summed E-state index contributed by atoms with van der Waals surface area (Å²) < 4.78 is 0. The number of nitrogens with zero attached hydrogens (tertiary/aromatic N) is 2. The first-order valence-electron chi connectivity index (χ1n) is 7.41. The number of pyridine rings is 1. The van der Waals surface area contributed by atoms with Gasteiger partial charge >= 0.3 is 0 Å². The highest BCUT2D eigenvalue weighted by atomic mass is 15.2. The van der Waals surface area contributed by atoms with Gasteiger partial charge in [-0.15, -0.1) is 0 Å². The summed E-state index contributed by atoms with van der Waals surface area (Å²) in [6.45, 7) is 13.4. The molecule has 0 aromatic carbocycles. The maximum Gasteiger partial charge on any atom is 0.128 e. The minimum Gasteiger partial charge on any atom is -0.356 e. The molecule has 3 nitrogen and oxygen atoms in total. The number of aromatic nitrogens is 1. The van der Waals surface area contributed by atoms with Gasteiger partial charge in [0.25, 0.3) is 0 Å². The van der Waals surface area contributed by atoms with Crippen molar-refractivity contribution in [1.82, 2.24) is 10.3 Å². The zero-order chi connectivity index (χ0) is 13.9. The average molecular weight is 261 g/mol. The molecular weight excluding hydrogens is 234 g/mol. The molecule has 0 saturated carbocycles. The van der Waals surface area contributed by atoms with E-state index in [0.717, 1.165) is 37.9 Å². The number of anilines is 1. The Kier molecular flexibility index (Phi) is 4.46. The van der Waals surface area contributed by atoms with Crippen LogP contribution in [0.2, 0.25) is 0 Å². The third-order valence-electron chi connectivity index (χ3n) is 4.13. The maximum atomic E-state index is 4.54. The minimum absolute atomic E-state index is 0.399. The molecule has 0 spiro atoms. The zero-order valence-electron chi connectivity index (χ0n) is 12.7. The number of rotatable bonds is 4. The van der Waals surface area contributed by atoms with Gasteiger partial charge in [0.05, 0.1) is 0 Å². The monoisotopic (exact) mass is 261 g/mol. The Bertz CT molecular complexity index is 409. The lowest BCUT2D eigenvalue weighted by atomic mass is 9.80. The van der Waals surface area contributed by atoms with Crippen molar-refractivity contribution in [3.05, 3.63) is 23.9 Å². The molecule has 2 rings (SSSR count). The van der Waals surface area contributed by atoms with Crippen LogP contribution in [0.4, 0.5) is 5.82 Å². The molecule has 1 unspecified atom stereocenters. The zero-order valence-corrected chi connectivity index (χ0v) is 12.7. The van der Waals surface area contributed by atoms with E-state index in [-0.39, 0.29) is 0 Å². The van der Waals surface area contributed by atoms with E-state index in [4.69, 9.17) is 0 Å². The van der Waals surface area contributed by atoms with Crippen molar-refractivity contribution < 1.29 is 0 Å². The number of nitrogens with one attached hydrogen (secondary N) is 1. The predicted molar refractivity (Wildman–Crippen MR) is 81.4 cm³/mol. The molecule has 0 aliphatic carbocycles. The van der Waals surface area contributed by atoms with Gasteiger partial charge in [-0.3, -0.25) is 0 Å². The van der Waals surface area contributed by atoms with Gasteiger partial charge in [0.2, 0.25) is 0 Å². The Morgan fingerprint density at radius 2 is 2.21 bits per heavy atom. The Labute approximate surface area is 117 Å². The molecule has 1 aliphatic heterocycles. The van der Waals surface area contributed by atoms with Gasteiger partial charge in [-0.2, -0.15) is 0 Å². The van der Waals surface area contributed by atoms with Crippen LogP contribution in [0.25, 0.3) is 0 Å². The van der Waals surface area contributed by atoms with Crippen molar-refractivity contribution in [3.8, 4) is 0 Å². The van der Waals surface area contributed by atoms with Gasteiger partial charge in [-0.25, -0.2) is 4.98 Å². The van der Waals surface area contributed by atoms with Crippen molar-refractivity contribution in [3.63, 3.8) is 0 Å². The van der Waals surface area contributed by atoms with Crippen LogP contribution in [-0.2, 0) is 6.54 Å². The van der Waals surface area contributed by atoms with Crippen molar-refractivity contribution >= 4 is 5.82 Å². The van der Waals surface area contributed by atoms with Crippen molar-refractivity contribution in [2.24, 2.45) is 11.3 Å². The SMILES string of the molecule is CCNCc1ccnc(N2CCC(C(C)(C)C)C2)c1. The lowest BCUT2D eigenvalue weighted by Gasteiger charge is -2.27. The van der Waals surface area contributed by atoms with Crippen LogP contribution in [0.5, 0.6) is 0 Å². The summed E-state index contributed by atoms with van der Waals surface area (Å²) in [5.74, 6) is 1.91. The summed E-state index contributed by atoms with van der Waals surface area (Å²) in [7, 11) is 0. The molecule has 106 valence electrons. The van der Waals surface area contributed by atoms with E-state index >= 15 is 0 Å². The first kappa shape index (κ1) is 14.3. The molecule has 19 heavy (non-hydrogen) atoms. The van der Waals surface area contributed by atoms with Crippen LogP contribution >= 0.6 is 0 Å². The smallest absolute Gasteiger partial charge is 0.128 e. The molecule has 1 aromatic rings. The van der Waals surface area contributed by atoms with E-state index in [1.165, 1.54) is 12.0 Å². The highest BCUT2D eigenvalue weighted by Crippen LogP contribution is 2.35. The van der Waals surface area contributed by atoms with Crippen LogP contribution in [0.1, 0.15) is 39.7 Å². The summed E-state index contributed by atoms with van der Waals surface area (Å²) in [5, 5.41) is 3.37. The lowest BCUT2D eigenvalue weighted by molar-refractivity contribution is 0.263. The second kappa shape index (κ2) is 5.91. The Balaban J connectivity index is 2.03. The fourth-order valence-electron chi connectivity index (χ4n) is 2.69. The highest BCUT2D eigenvalue weighted by Gasteiger charge is 2.32. The molecule has 1 atom stereocenters. The quantitative estimate of drug-likeness (QED) is 0.903. The van der Waals surface area contributed by atoms with Crippen LogP contribution in [-0.4, -0.2) is 24.6 Å². The van der Waals surface area contributed by atoms with E-state index in [1.54, 1.807) is 0 Å². The van der Waals surface area contributed by atoms with Gasteiger partial charge in [0.15, 0.2) is 0 Å². The summed E-state index contributed by atoms with van der Waals surface area (Å²) in [4.78, 5) is 6.98. The Hall–Kier alpha value is -1.09. The molecular formula is C16H27N3. The summed E-state index contributed by atoms with van der Waals surface area (Å²) in [6, 6.07) is 4.33. The molecule has 2 heterocycles. The van der Waals surface area contributed by atoms with Crippen LogP contribution < -0.4 is 10.2 Å². The fraction of sp³-hybridized carbons (Fsp3) is 0.688.